The number of aromatic nitrogens is 3. The zero-order valence-electron chi connectivity index (χ0n) is 23.0. The van der Waals surface area contributed by atoms with Crippen LogP contribution in [0.5, 0.6) is 0 Å². The molecule has 1 atom stereocenters. The molecule has 3 N–H and O–H groups in total. The molecular weight excluding hydrogens is 554 g/mol. The molecule has 1 fully saturated rings. The lowest BCUT2D eigenvalue weighted by Gasteiger charge is -2.33. The molecule has 224 valence electrons. The lowest BCUT2D eigenvalue weighted by molar-refractivity contribution is -0.198. The van der Waals surface area contributed by atoms with E-state index in [1.165, 1.54) is 16.8 Å². The molecule has 0 bridgehead atoms. The van der Waals surface area contributed by atoms with Gasteiger partial charge in [0.15, 0.2) is 17.7 Å². The van der Waals surface area contributed by atoms with Gasteiger partial charge in [0.25, 0.3) is 5.56 Å². The maximum atomic E-state index is 15.1. The summed E-state index contributed by atoms with van der Waals surface area (Å²) in [6.07, 6.45) is -2.71. The van der Waals surface area contributed by atoms with E-state index in [1.54, 1.807) is 19.2 Å². The Bertz CT molecular complexity index is 1470. The van der Waals surface area contributed by atoms with E-state index in [0.717, 1.165) is 25.7 Å². The van der Waals surface area contributed by atoms with Crippen LogP contribution in [-0.2, 0) is 0 Å². The molecule has 1 saturated carbocycles. The second-order valence-electron chi connectivity index (χ2n) is 10.8. The molecule has 4 rings (SSSR count). The number of rotatable bonds is 8. The van der Waals surface area contributed by atoms with Crippen LogP contribution in [0.2, 0.25) is 0 Å². The predicted octanol–water partition coefficient (Wildman–Crippen LogP) is 5.08. The maximum Gasteiger partial charge on any atom is 0.416 e. The summed E-state index contributed by atoms with van der Waals surface area (Å²) in [6, 6.07) is 1.91. The Balaban J connectivity index is 1.69. The van der Waals surface area contributed by atoms with E-state index in [9.17, 15) is 26.7 Å². The van der Waals surface area contributed by atoms with Crippen LogP contribution in [0, 0.1) is 17.5 Å². The number of hydrogen-bond acceptors (Lipinski definition) is 7. The number of alkyl halides is 3. The van der Waals surface area contributed by atoms with Gasteiger partial charge in [-0.05, 0) is 65.8 Å². The normalized spacial score (nSPS) is 18.8. The molecule has 1 aliphatic carbocycles. The summed E-state index contributed by atoms with van der Waals surface area (Å²) in [4.78, 5) is 24.6. The van der Waals surface area contributed by atoms with Gasteiger partial charge in [-0.15, -0.1) is 0 Å². The second kappa shape index (κ2) is 11.8. The summed E-state index contributed by atoms with van der Waals surface area (Å²) >= 11 is 0. The zero-order chi connectivity index (χ0) is 30.2. The monoisotopic (exact) mass is 586 g/mol. The van der Waals surface area contributed by atoms with Crippen molar-refractivity contribution in [2.75, 3.05) is 31.3 Å². The van der Waals surface area contributed by atoms with E-state index >= 15 is 4.39 Å². The van der Waals surface area contributed by atoms with Crippen LogP contribution in [0.1, 0.15) is 45.6 Å². The molecule has 0 spiro atoms. The summed E-state index contributed by atoms with van der Waals surface area (Å²) in [5.41, 5.74) is -2.82. The Morgan fingerprint density at radius 2 is 1.73 bits per heavy atom. The van der Waals surface area contributed by atoms with Crippen LogP contribution in [0.15, 0.2) is 23.1 Å². The average molecular weight is 587 g/mol. The summed E-state index contributed by atoms with van der Waals surface area (Å²) in [6.45, 7) is 2.08. The van der Waals surface area contributed by atoms with Crippen molar-refractivity contribution in [3.05, 3.63) is 46.1 Å². The van der Waals surface area contributed by atoms with Crippen molar-refractivity contribution in [3.63, 3.8) is 0 Å². The largest absolute Gasteiger partial charge is 0.416 e. The number of nitrogens with zero attached hydrogens (tertiary/aromatic N) is 4. The number of aliphatic hydroxyl groups excluding tert-OH is 1. The van der Waals surface area contributed by atoms with Crippen LogP contribution in [-0.4, -0.2) is 69.5 Å². The smallest absolute Gasteiger partial charge is 0.382 e. The third kappa shape index (κ3) is 6.43. The Morgan fingerprint density at radius 3 is 2.32 bits per heavy atom. The summed E-state index contributed by atoms with van der Waals surface area (Å²) < 4.78 is 83.7. The van der Waals surface area contributed by atoms with Crippen LogP contribution in [0.25, 0.3) is 22.2 Å². The molecule has 0 amide bonds. The van der Waals surface area contributed by atoms with Crippen LogP contribution >= 0.6 is 0 Å². The van der Waals surface area contributed by atoms with Gasteiger partial charge in [0, 0.05) is 41.8 Å². The van der Waals surface area contributed by atoms with E-state index in [4.69, 9.17) is 5.11 Å². The quantitative estimate of drug-likeness (QED) is 0.251. The van der Waals surface area contributed by atoms with Gasteiger partial charge in [0.1, 0.15) is 17.2 Å². The molecule has 1 aromatic carbocycles. The molecule has 2 heterocycles. The number of hydrogen-bond donors (Lipinski definition) is 3. The molecule has 0 radical (unpaired) electrons. The predicted molar refractivity (Wildman–Crippen MR) is 143 cm³/mol. The minimum absolute atomic E-state index is 0.145. The molecule has 1 unspecified atom stereocenters. The van der Waals surface area contributed by atoms with Crippen molar-refractivity contribution in [2.24, 2.45) is 0 Å². The third-order valence-electron chi connectivity index (χ3n) is 7.35. The number of fused-ring (bicyclic) bond motifs is 1. The fraction of sp³-hybridized carbons (Fsp3) is 0.519. The van der Waals surface area contributed by atoms with Gasteiger partial charge in [-0.2, -0.15) is 18.2 Å². The van der Waals surface area contributed by atoms with Gasteiger partial charge in [-0.25, -0.2) is 18.2 Å². The van der Waals surface area contributed by atoms with Crippen molar-refractivity contribution in [2.45, 2.75) is 69.9 Å². The van der Waals surface area contributed by atoms with Crippen molar-refractivity contribution >= 4 is 22.7 Å². The Hall–Kier alpha value is -3.39. The number of pyridine rings is 1. The number of nitrogens with one attached hydrogen (secondary N) is 2. The molecule has 3 aromatic rings. The Morgan fingerprint density at radius 1 is 1.07 bits per heavy atom. The van der Waals surface area contributed by atoms with E-state index in [-0.39, 0.29) is 17.3 Å². The minimum Gasteiger partial charge on any atom is -0.382 e. The number of halogens is 6. The standard InChI is InChI=1S/C27H32F6N6O2/c1-13(2)39-24-14(11-35-26(37-24)36-15-5-7-16(8-6-15)38(3)4)9-18(25(39)41)17-10-19(28)23(22(30)21(17)29)34-12-20(40)27(31,32)33/h9-11,13,15-16,20,34,40H,5-8,12H2,1-4H3,(H,35,36,37). The van der Waals surface area contributed by atoms with Gasteiger partial charge in [-0.3, -0.25) is 9.36 Å². The van der Waals surface area contributed by atoms with Gasteiger partial charge in [0.2, 0.25) is 5.95 Å². The molecule has 0 saturated heterocycles. The number of benzene rings is 1. The van der Waals surface area contributed by atoms with Crippen LogP contribution < -0.4 is 16.2 Å². The van der Waals surface area contributed by atoms with Gasteiger partial charge in [-0.1, -0.05) is 0 Å². The molecule has 2 aromatic heterocycles. The topological polar surface area (TPSA) is 95.3 Å². The zero-order valence-corrected chi connectivity index (χ0v) is 23.0. The highest BCUT2D eigenvalue weighted by atomic mass is 19.4. The first-order chi connectivity index (χ1) is 19.2. The summed E-state index contributed by atoms with van der Waals surface area (Å²) in [5.74, 6) is -4.60. The second-order valence-corrected chi connectivity index (χ2v) is 10.8. The van der Waals surface area contributed by atoms with E-state index in [2.05, 4.69) is 20.2 Å². The maximum absolute atomic E-state index is 15.1. The fourth-order valence-corrected chi connectivity index (χ4v) is 5.05. The molecule has 0 aliphatic heterocycles. The number of aliphatic hydroxyl groups is 1. The first-order valence-corrected chi connectivity index (χ1v) is 13.2. The first-order valence-electron chi connectivity index (χ1n) is 13.2. The van der Waals surface area contributed by atoms with Crippen molar-refractivity contribution in [1.82, 2.24) is 19.4 Å². The molecule has 14 heteroatoms. The van der Waals surface area contributed by atoms with Gasteiger partial charge < -0.3 is 20.6 Å². The van der Waals surface area contributed by atoms with Crippen molar-refractivity contribution in [1.29, 1.82) is 0 Å². The van der Waals surface area contributed by atoms with Crippen molar-refractivity contribution in [3.8, 4) is 11.1 Å². The van der Waals surface area contributed by atoms with Gasteiger partial charge in [0.05, 0.1) is 5.56 Å². The van der Waals surface area contributed by atoms with Crippen LogP contribution in [0.3, 0.4) is 0 Å². The lowest BCUT2D eigenvalue weighted by atomic mass is 9.91. The SMILES string of the molecule is CC(C)n1c(=O)c(-c2cc(F)c(NCC(O)C(F)(F)F)c(F)c2F)cc2cnc(NC3CCC(N(C)C)CC3)nc21. The lowest BCUT2D eigenvalue weighted by Crippen LogP contribution is -2.36. The Kier molecular flexibility index (Phi) is 8.83. The minimum atomic E-state index is -5.05. The molecule has 8 nitrogen and oxygen atoms in total. The number of anilines is 2. The fourth-order valence-electron chi connectivity index (χ4n) is 5.05. The molecule has 1 aliphatic rings. The van der Waals surface area contributed by atoms with E-state index in [1.807, 2.05) is 14.1 Å². The van der Waals surface area contributed by atoms with Gasteiger partial charge >= 0.3 is 6.18 Å². The highest BCUT2D eigenvalue weighted by Gasteiger charge is 2.38. The Labute approximate surface area is 232 Å². The summed E-state index contributed by atoms with van der Waals surface area (Å²) in [5, 5.41) is 14.5. The highest BCUT2D eigenvalue weighted by Crippen LogP contribution is 2.32. The summed E-state index contributed by atoms with van der Waals surface area (Å²) in [7, 11) is 4.10. The highest BCUT2D eigenvalue weighted by molar-refractivity contribution is 5.82. The first kappa shape index (κ1) is 30.6. The average Bonchev–Trinajstić information content (AvgIpc) is 2.89. The molecule has 41 heavy (non-hydrogen) atoms. The van der Waals surface area contributed by atoms with E-state index in [0.29, 0.717) is 23.4 Å². The van der Waals surface area contributed by atoms with Crippen LogP contribution in [0.4, 0.5) is 38.0 Å². The van der Waals surface area contributed by atoms with Crippen molar-refractivity contribution < 1.29 is 31.4 Å². The van der Waals surface area contributed by atoms with E-state index < -0.39 is 59.1 Å². The molecular formula is C27H32F6N6O2. The third-order valence-corrected chi connectivity index (χ3v) is 7.35.